The Bertz CT molecular complexity index is 184. The molecule has 3 nitrogen and oxygen atoms in total. The van der Waals surface area contributed by atoms with Crippen molar-refractivity contribution < 1.29 is 4.74 Å². The standard InChI is InChI=1S/C12H24N2O/c1-11(2)7-13-3-5-14(6-4-13)8-12-9-15-10-12/h11-12H,3-10H2,1-2H3. The number of ether oxygens (including phenoxy) is 1. The highest BCUT2D eigenvalue weighted by Gasteiger charge is 2.24. The maximum Gasteiger partial charge on any atom is 0.0528 e. The van der Waals surface area contributed by atoms with Gasteiger partial charge in [-0.2, -0.15) is 0 Å². The first kappa shape index (κ1) is 11.4. The number of nitrogens with zero attached hydrogens (tertiary/aromatic N) is 2. The summed E-state index contributed by atoms with van der Waals surface area (Å²) in [7, 11) is 0. The lowest BCUT2D eigenvalue weighted by Gasteiger charge is -2.38. The molecule has 0 atom stereocenters. The lowest BCUT2D eigenvalue weighted by Crippen LogP contribution is -2.50. The van der Waals surface area contributed by atoms with Gasteiger partial charge in [0.2, 0.25) is 0 Å². The molecule has 0 bridgehead atoms. The first-order chi connectivity index (χ1) is 7.24. The Labute approximate surface area is 93.4 Å². The highest BCUT2D eigenvalue weighted by Crippen LogP contribution is 2.13. The summed E-state index contributed by atoms with van der Waals surface area (Å²) >= 11 is 0. The average Bonchev–Trinajstić information content (AvgIpc) is 2.13. The van der Waals surface area contributed by atoms with Crippen LogP contribution in [-0.4, -0.2) is 62.3 Å². The van der Waals surface area contributed by atoms with Crippen molar-refractivity contribution >= 4 is 0 Å². The van der Waals surface area contributed by atoms with E-state index in [-0.39, 0.29) is 0 Å². The van der Waals surface area contributed by atoms with Gasteiger partial charge < -0.3 is 14.5 Å². The average molecular weight is 212 g/mol. The first-order valence-electron chi connectivity index (χ1n) is 6.26. The number of hydrogen-bond acceptors (Lipinski definition) is 3. The molecule has 2 saturated heterocycles. The van der Waals surface area contributed by atoms with Gasteiger partial charge in [0.25, 0.3) is 0 Å². The predicted octanol–water partition coefficient (Wildman–Crippen LogP) is 0.906. The fourth-order valence-corrected chi connectivity index (χ4v) is 2.43. The second-order valence-corrected chi connectivity index (χ2v) is 5.40. The lowest BCUT2D eigenvalue weighted by atomic mass is 10.1. The molecule has 0 amide bonds. The molecule has 0 aromatic rings. The molecule has 0 saturated carbocycles. The minimum Gasteiger partial charge on any atom is -0.381 e. The molecule has 0 aromatic heterocycles. The number of hydrogen-bond donors (Lipinski definition) is 0. The molecule has 0 aliphatic carbocycles. The lowest BCUT2D eigenvalue weighted by molar-refractivity contribution is -0.0513. The summed E-state index contributed by atoms with van der Waals surface area (Å²) in [6, 6.07) is 0. The van der Waals surface area contributed by atoms with E-state index in [9.17, 15) is 0 Å². The minimum absolute atomic E-state index is 0.802. The maximum absolute atomic E-state index is 5.21. The van der Waals surface area contributed by atoms with Crippen LogP contribution in [0.5, 0.6) is 0 Å². The zero-order chi connectivity index (χ0) is 10.7. The highest BCUT2D eigenvalue weighted by atomic mass is 16.5. The Morgan fingerprint density at radius 2 is 1.67 bits per heavy atom. The van der Waals surface area contributed by atoms with Gasteiger partial charge in [-0.1, -0.05) is 13.8 Å². The van der Waals surface area contributed by atoms with Crippen molar-refractivity contribution in [1.29, 1.82) is 0 Å². The molecule has 2 fully saturated rings. The van der Waals surface area contributed by atoms with Crippen LogP contribution in [0.4, 0.5) is 0 Å². The van der Waals surface area contributed by atoms with Crippen LogP contribution in [0.3, 0.4) is 0 Å². The van der Waals surface area contributed by atoms with E-state index < -0.39 is 0 Å². The van der Waals surface area contributed by atoms with Crippen LogP contribution in [0.15, 0.2) is 0 Å². The van der Waals surface area contributed by atoms with Gasteiger partial charge in [-0.05, 0) is 5.92 Å². The SMILES string of the molecule is CC(C)CN1CCN(CC2COC2)CC1. The van der Waals surface area contributed by atoms with Gasteiger partial charge in [0.1, 0.15) is 0 Å². The first-order valence-corrected chi connectivity index (χ1v) is 6.26. The van der Waals surface area contributed by atoms with Crippen LogP contribution >= 0.6 is 0 Å². The molecular formula is C12H24N2O. The van der Waals surface area contributed by atoms with Crippen LogP contribution in [0.1, 0.15) is 13.8 Å². The van der Waals surface area contributed by atoms with Crippen LogP contribution in [0, 0.1) is 11.8 Å². The molecule has 2 rings (SSSR count). The largest absolute Gasteiger partial charge is 0.381 e. The van der Waals surface area contributed by atoms with Crippen molar-refractivity contribution in [3.63, 3.8) is 0 Å². The van der Waals surface area contributed by atoms with Crippen molar-refractivity contribution in [2.45, 2.75) is 13.8 Å². The van der Waals surface area contributed by atoms with Crippen molar-refractivity contribution in [2.24, 2.45) is 11.8 Å². The van der Waals surface area contributed by atoms with Crippen molar-refractivity contribution in [3.8, 4) is 0 Å². The van der Waals surface area contributed by atoms with E-state index >= 15 is 0 Å². The molecule has 0 radical (unpaired) electrons. The molecule has 2 heterocycles. The predicted molar refractivity (Wildman–Crippen MR) is 62.0 cm³/mol. The normalized spacial score (nSPS) is 25.8. The van der Waals surface area contributed by atoms with Gasteiger partial charge in [-0.3, -0.25) is 0 Å². The summed E-state index contributed by atoms with van der Waals surface area (Å²) in [5.74, 6) is 1.62. The van der Waals surface area contributed by atoms with Crippen molar-refractivity contribution in [3.05, 3.63) is 0 Å². The van der Waals surface area contributed by atoms with Gasteiger partial charge in [0, 0.05) is 45.2 Å². The fourth-order valence-electron chi connectivity index (χ4n) is 2.43. The Balaban J connectivity index is 1.62. The van der Waals surface area contributed by atoms with E-state index in [1.165, 1.54) is 39.3 Å². The Hall–Kier alpha value is -0.120. The monoisotopic (exact) mass is 212 g/mol. The van der Waals surface area contributed by atoms with Crippen LogP contribution in [-0.2, 0) is 4.74 Å². The second kappa shape index (κ2) is 5.28. The van der Waals surface area contributed by atoms with E-state index in [1.807, 2.05) is 0 Å². The summed E-state index contributed by atoms with van der Waals surface area (Å²) in [6.45, 7) is 14.1. The third-order valence-corrected chi connectivity index (χ3v) is 3.31. The maximum atomic E-state index is 5.21. The summed E-state index contributed by atoms with van der Waals surface area (Å²) < 4.78 is 5.21. The van der Waals surface area contributed by atoms with E-state index in [1.54, 1.807) is 0 Å². The van der Waals surface area contributed by atoms with E-state index in [0.717, 1.165) is 25.0 Å². The minimum atomic E-state index is 0.802. The van der Waals surface area contributed by atoms with Gasteiger partial charge >= 0.3 is 0 Å². The Kier molecular flexibility index (Phi) is 4.00. The van der Waals surface area contributed by atoms with E-state index in [4.69, 9.17) is 4.74 Å². The summed E-state index contributed by atoms with van der Waals surface area (Å²) in [5, 5.41) is 0. The molecular weight excluding hydrogens is 188 g/mol. The third kappa shape index (κ3) is 3.44. The van der Waals surface area contributed by atoms with Gasteiger partial charge in [-0.15, -0.1) is 0 Å². The van der Waals surface area contributed by atoms with Crippen LogP contribution in [0.25, 0.3) is 0 Å². The molecule has 0 aromatic carbocycles. The molecule has 2 aliphatic rings. The molecule has 0 unspecified atom stereocenters. The zero-order valence-electron chi connectivity index (χ0n) is 10.1. The molecule has 2 aliphatic heterocycles. The van der Waals surface area contributed by atoms with Gasteiger partial charge in [-0.25, -0.2) is 0 Å². The fraction of sp³-hybridized carbons (Fsp3) is 1.00. The van der Waals surface area contributed by atoms with E-state index in [2.05, 4.69) is 23.6 Å². The highest BCUT2D eigenvalue weighted by molar-refractivity contribution is 4.77. The molecule has 88 valence electrons. The summed E-state index contributed by atoms with van der Waals surface area (Å²) in [5.41, 5.74) is 0. The van der Waals surface area contributed by atoms with Gasteiger partial charge in [0.05, 0.1) is 13.2 Å². The summed E-state index contributed by atoms with van der Waals surface area (Å²) in [4.78, 5) is 5.20. The molecule has 3 heteroatoms. The molecule has 15 heavy (non-hydrogen) atoms. The topological polar surface area (TPSA) is 15.7 Å². The van der Waals surface area contributed by atoms with Crippen LogP contribution < -0.4 is 0 Å². The smallest absolute Gasteiger partial charge is 0.0528 e. The van der Waals surface area contributed by atoms with Crippen molar-refractivity contribution in [2.75, 3.05) is 52.5 Å². The van der Waals surface area contributed by atoms with Gasteiger partial charge in [0.15, 0.2) is 0 Å². The zero-order valence-corrected chi connectivity index (χ0v) is 10.1. The Morgan fingerprint density at radius 3 is 2.13 bits per heavy atom. The van der Waals surface area contributed by atoms with Crippen molar-refractivity contribution in [1.82, 2.24) is 9.80 Å². The number of piperazine rings is 1. The summed E-state index contributed by atoms with van der Waals surface area (Å²) in [6.07, 6.45) is 0. The number of rotatable bonds is 4. The second-order valence-electron chi connectivity index (χ2n) is 5.40. The Morgan fingerprint density at radius 1 is 1.07 bits per heavy atom. The third-order valence-electron chi connectivity index (χ3n) is 3.31. The molecule has 0 N–H and O–H groups in total. The quantitative estimate of drug-likeness (QED) is 0.689. The molecule has 0 spiro atoms. The van der Waals surface area contributed by atoms with Crippen LogP contribution in [0.2, 0.25) is 0 Å². The van der Waals surface area contributed by atoms with E-state index in [0.29, 0.717) is 0 Å².